The lowest BCUT2D eigenvalue weighted by molar-refractivity contribution is -0.131. The van der Waals surface area contributed by atoms with Crippen molar-refractivity contribution in [2.75, 3.05) is 17.7 Å². The molecular formula is C11H13ClF3N. The summed E-state index contributed by atoms with van der Waals surface area (Å²) in [5.74, 6) is 0.543. The number of alkyl halides is 4. The predicted octanol–water partition coefficient (Wildman–Crippen LogP) is 3.83. The van der Waals surface area contributed by atoms with Crippen molar-refractivity contribution in [1.82, 2.24) is 0 Å². The highest BCUT2D eigenvalue weighted by molar-refractivity contribution is 6.17. The summed E-state index contributed by atoms with van der Waals surface area (Å²) < 4.78 is 35.6. The molecule has 0 saturated heterocycles. The Balaban J connectivity index is 2.37. The normalized spacial score (nSPS) is 11.5. The standard InChI is InChI=1S/C11H13ClF3N/c12-7-5-9-1-3-10(4-2-9)16-8-6-11(13,14)15/h1-4,16H,5-8H2. The van der Waals surface area contributed by atoms with Crippen molar-refractivity contribution in [1.29, 1.82) is 0 Å². The average Bonchev–Trinajstić information content (AvgIpc) is 2.19. The van der Waals surface area contributed by atoms with Gasteiger partial charge in [0.1, 0.15) is 0 Å². The Morgan fingerprint density at radius 3 is 2.25 bits per heavy atom. The molecule has 0 bridgehead atoms. The highest BCUT2D eigenvalue weighted by Gasteiger charge is 2.25. The minimum atomic E-state index is -4.11. The third kappa shape index (κ3) is 5.26. The molecule has 0 aliphatic heterocycles. The molecule has 0 atom stereocenters. The van der Waals surface area contributed by atoms with Crippen LogP contribution in [-0.4, -0.2) is 18.6 Å². The van der Waals surface area contributed by atoms with Crippen LogP contribution in [0.25, 0.3) is 0 Å². The van der Waals surface area contributed by atoms with E-state index in [1.807, 2.05) is 12.1 Å². The maximum Gasteiger partial charge on any atom is 0.390 e. The lowest BCUT2D eigenvalue weighted by atomic mass is 10.1. The molecule has 1 nitrogen and oxygen atoms in total. The fourth-order valence-corrected chi connectivity index (χ4v) is 1.47. The molecule has 5 heteroatoms. The smallest absolute Gasteiger partial charge is 0.385 e. The van der Waals surface area contributed by atoms with E-state index in [0.29, 0.717) is 11.6 Å². The zero-order chi connectivity index (χ0) is 12.0. The van der Waals surface area contributed by atoms with Gasteiger partial charge in [-0.3, -0.25) is 0 Å². The van der Waals surface area contributed by atoms with Gasteiger partial charge in [0.05, 0.1) is 6.42 Å². The van der Waals surface area contributed by atoms with Gasteiger partial charge in [0.15, 0.2) is 0 Å². The number of halogens is 4. The maximum atomic E-state index is 11.9. The molecule has 1 aromatic carbocycles. The molecular weight excluding hydrogens is 239 g/mol. The van der Waals surface area contributed by atoms with Crippen LogP contribution in [-0.2, 0) is 6.42 Å². The number of aryl methyl sites for hydroxylation is 1. The predicted molar refractivity (Wildman–Crippen MR) is 60.0 cm³/mol. The van der Waals surface area contributed by atoms with E-state index in [0.717, 1.165) is 12.0 Å². The van der Waals surface area contributed by atoms with Crippen molar-refractivity contribution in [2.45, 2.75) is 19.0 Å². The monoisotopic (exact) mass is 251 g/mol. The Morgan fingerprint density at radius 2 is 1.75 bits per heavy atom. The summed E-state index contributed by atoms with van der Waals surface area (Å²) in [7, 11) is 0. The number of hydrogen-bond acceptors (Lipinski definition) is 1. The van der Waals surface area contributed by atoms with E-state index < -0.39 is 12.6 Å². The van der Waals surface area contributed by atoms with Crippen molar-refractivity contribution >= 4 is 17.3 Å². The SMILES string of the molecule is FC(F)(F)CCNc1ccc(CCCl)cc1. The Labute approximate surface area is 97.6 Å². The van der Waals surface area contributed by atoms with E-state index in [1.165, 1.54) is 0 Å². The van der Waals surface area contributed by atoms with Gasteiger partial charge in [-0.2, -0.15) is 13.2 Å². The van der Waals surface area contributed by atoms with Crippen LogP contribution in [0.15, 0.2) is 24.3 Å². The van der Waals surface area contributed by atoms with Gasteiger partial charge >= 0.3 is 6.18 Å². The summed E-state index contributed by atoms with van der Waals surface area (Å²) in [5.41, 5.74) is 1.78. The largest absolute Gasteiger partial charge is 0.390 e. The van der Waals surface area contributed by atoms with Crippen LogP contribution in [0.1, 0.15) is 12.0 Å². The molecule has 1 aromatic rings. The van der Waals surface area contributed by atoms with Crippen LogP contribution in [0.4, 0.5) is 18.9 Å². The minimum Gasteiger partial charge on any atom is -0.385 e. The van der Waals surface area contributed by atoms with Gasteiger partial charge in [-0.05, 0) is 24.1 Å². The number of benzene rings is 1. The molecule has 1 rings (SSSR count). The van der Waals surface area contributed by atoms with Crippen molar-refractivity contribution in [3.63, 3.8) is 0 Å². The quantitative estimate of drug-likeness (QED) is 0.785. The second kappa shape index (κ2) is 5.99. The van der Waals surface area contributed by atoms with Gasteiger partial charge in [0, 0.05) is 18.1 Å². The zero-order valence-electron chi connectivity index (χ0n) is 8.65. The highest BCUT2D eigenvalue weighted by Crippen LogP contribution is 2.19. The van der Waals surface area contributed by atoms with E-state index in [-0.39, 0.29) is 6.54 Å². The lowest BCUT2D eigenvalue weighted by Crippen LogP contribution is -2.14. The van der Waals surface area contributed by atoms with Crippen molar-refractivity contribution in [2.24, 2.45) is 0 Å². The van der Waals surface area contributed by atoms with Gasteiger partial charge < -0.3 is 5.32 Å². The van der Waals surface area contributed by atoms with Crippen molar-refractivity contribution < 1.29 is 13.2 Å². The zero-order valence-corrected chi connectivity index (χ0v) is 9.41. The first kappa shape index (κ1) is 13.2. The van der Waals surface area contributed by atoms with E-state index in [1.54, 1.807) is 12.1 Å². The molecule has 0 fully saturated rings. The molecule has 0 heterocycles. The summed E-state index contributed by atoms with van der Waals surface area (Å²) in [6, 6.07) is 7.24. The fourth-order valence-electron chi connectivity index (χ4n) is 1.25. The van der Waals surface area contributed by atoms with E-state index in [9.17, 15) is 13.2 Å². The minimum absolute atomic E-state index is 0.0989. The van der Waals surface area contributed by atoms with E-state index in [4.69, 9.17) is 11.6 Å². The second-order valence-electron chi connectivity index (χ2n) is 3.43. The summed E-state index contributed by atoms with van der Waals surface area (Å²) in [6.45, 7) is -0.0989. The summed E-state index contributed by atoms with van der Waals surface area (Å²) >= 11 is 5.57. The van der Waals surface area contributed by atoms with Crippen molar-refractivity contribution in [3.8, 4) is 0 Å². The maximum absolute atomic E-state index is 11.9. The topological polar surface area (TPSA) is 12.0 Å². The van der Waals surface area contributed by atoms with Crippen LogP contribution >= 0.6 is 11.6 Å². The second-order valence-corrected chi connectivity index (χ2v) is 3.81. The van der Waals surface area contributed by atoms with Gasteiger partial charge in [-0.15, -0.1) is 11.6 Å². The summed E-state index contributed by atoms with van der Waals surface area (Å²) in [4.78, 5) is 0. The van der Waals surface area contributed by atoms with Crippen LogP contribution in [0.3, 0.4) is 0 Å². The van der Waals surface area contributed by atoms with Gasteiger partial charge in [0.2, 0.25) is 0 Å². The first-order valence-electron chi connectivity index (χ1n) is 4.97. The molecule has 16 heavy (non-hydrogen) atoms. The third-order valence-corrected chi connectivity index (χ3v) is 2.26. The molecule has 0 saturated carbocycles. The summed E-state index contributed by atoms with van der Waals surface area (Å²) in [6.07, 6.45) is -4.16. The summed E-state index contributed by atoms with van der Waals surface area (Å²) in [5, 5.41) is 2.72. The Hall–Kier alpha value is -0.900. The molecule has 90 valence electrons. The number of anilines is 1. The van der Waals surface area contributed by atoms with Crippen molar-refractivity contribution in [3.05, 3.63) is 29.8 Å². The number of rotatable bonds is 5. The molecule has 0 radical (unpaired) electrons. The number of nitrogens with one attached hydrogen (secondary N) is 1. The van der Waals surface area contributed by atoms with Gasteiger partial charge in [-0.25, -0.2) is 0 Å². The van der Waals surface area contributed by atoms with Gasteiger partial charge in [0.25, 0.3) is 0 Å². The first-order chi connectivity index (χ1) is 7.51. The molecule has 0 aliphatic rings. The molecule has 0 amide bonds. The third-order valence-electron chi connectivity index (χ3n) is 2.07. The molecule has 0 spiro atoms. The highest BCUT2D eigenvalue weighted by atomic mass is 35.5. The average molecular weight is 252 g/mol. The Bertz CT molecular complexity index is 308. The Kier molecular flexibility index (Phi) is 4.93. The molecule has 0 unspecified atom stereocenters. The lowest BCUT2D eigenvalue weighted by Gasteiger charge is -2.09. The molecule has 0 aliphatic carbocycles. The number of hydrogen-bond donors (Lipinski definition) is 1. The fraction of sp³-hybridized carbons (Fsp3) is 0.455. The Morgan fingerprint density at radius 1 is 1.12 bits per heavy atom. The molecule has 1 N–H and O–H groups in total. The van der Waals surface area contributed by atoms with Crippen LogP contribution in [0, 0.1) is 0 Å². The van der Waals surface area contributed by atoms with Crippen LogP contribution < -0.4 is 5.32 Å². The van der Waals surface area contributed by atoms with Gasteiger partial charge in [-0.1, -0.05) is 12.1 Å². The van der Waals surface area contributed by atoms with E-state index >= 15 is 0 Å². The van der Waals surface area contributed by atoms with Crippen LogP contribution in [0.5, 0.6) is 0 Å². The first-order valence-corrected chi connectivity index (χ1v) is 5.50. The van der Waals surface area contributed by atoms with Crippen LogP contribution in [0.2, 0.25) is 0 Å². The van der Waals surface area contributed by atoms with E-state index in [2.05, 4.69) is 5.32 Å². The molecule has 0 aromatic heterocycles.